The molecule has 2 N–H and O–H groups in total. The Morgan fingerprint density at radius 1 is 1.06 bits per heavy atom. The van der Waals surface area contributed by atoms with E-state index in [2.05, 4.69) is 20.8 Å². The van der Waals surface area contributed by atoms with Gasteiger partial charge in [0.1, 0.15) is 5.82 Å². The molecule has 0 spiro atoms. The van der Waals surface area contributed by atoms with Gasteiger partial charge in [0, 0.05) is 36.8 Å². The Morgan fingerprint density at radius 2 is 1.83 bits per heavy atom. The summed E-state index contributed by atoms with van der Waals surface area (Å²) in [7, 11) is 0. The number of hydrogen-bond acceptors (Lipinski definition) is 7. The number of anilines is 2. The maximum atomic E-state index is 13.5. The zero-order valence-corrected chi connectivity index (χ0v) is 18.9. The molecule has 0 fully saturated rings. The van der Waals surface area contributed by atoms with Gasteiger partial charge in [-0.05, 0) is 31.2 Å². The Labute approximate surface area is 203 Å². The largest absolute Gasteiger partial charge is 0.464 e. The van der Waals surface area contributed by atoms with E-state index in [1.807, 2.05) is 13.0 Å². The molecule has 4 rings (SSSR count). The van der Waals surface area contributed by atoms with Gasteiger partial charge in [-0.15, -0.1) is 0 Å². The fraction of sp³-hybridized carbons (Fsp3) is 0.130. The number of hydrogen-bond donors (Lipinski definition) is 2. The first-order valence-electron chi connectivity index (χ1n) is 10.7. The summed E-state index contributed by atoms with van der Waals surface area (Å²) in [5, 5.41) is 24.8. The van der Waals surface area contributed by atoms with Gasteiger partial charge in [-0.3, -0.25) is 24.4 Å². The Bertz CT molecular complexity index is 1420. The van der Waals surface area contributed by atoms with E-state index in [1.54, 1.807) is 24.3 Å². The molecule has 184 valence electrons. The molecule has 0 saturated heterocycles. The predicted octanol–water partition coefficient (Wildman–Crippen LogP) is 3.69. The first-order chi connectivity index (χ1) is 17.3. The number of carbonyl (C=O) groups is 2. The van der Waals surface area contributed by atoms with Gasteiger partial charge in [-0.1, -0.05) is 18.2 Å². The van der Waals surface area contributed by atoms with Gasteiger partial charge in [0.2, 0.25) is 5.75 Å². The summed E-state index contributed by atoms with van der Waals surface area (Å²) in [5.41, 5.74) is 0.372. The van der Waals surface area contributed by atoms with E-state index >= 15 is 0 Å². The number of halogens is 1. The fourth-order valence-corrected chi connectivity index (χ4v) is 3.19. The van der Waals surface area contributed by atoms with Crippen molar-refractivity contribution in [3.05, 3.63) is 94.3 Å². The van der Waals surface area contributed by atoms with Gasteiger partial charge in [-0.25, -0.2) is 9.07 Å². The number of ether oxygens (including phenoxy) is 1. The van der Waals surface area contributed by atoms with Crippen LogP contribution in [0.3, 0.4) is 0 Å². The van der Waals surface area contributed by atoms with Crippen molar-refractivity contribution in [2.45, 2.75) is 20.2 Å². The SMILES string of the molecule is CCn1cc(NC(=O)c2ccn(COc3cc(F)ccc3[N+](=O)[O-])n2)c(C(=O)Nc2ccccc2)n1. The van der Waals surface area contributed by atoms with Crippen LogP contribution in [0.5, 0.6) is 5.75 Å². The minimum Gasteiger partial charge on any atom is -0.464 e. The van der Waals surface area contributed by atoms with Gasteiger partial charge >= 0.3 is 5.69 Å². The number of carbonyl (C=O) groups excluding carboxylic acids is 2. The van der Waals surface area contributed by atoms with E-state index in [0.717, 1.165) is 18.2 Å². The van der Waals surface area contributed by atoms with Crippen molar-refractivity contribution in [1.29, 1.82) is 0 Å². The van der Waals surface area contributed by atoms with E-state index in [9.17, 15) is 24.1 Å². The van der Waals surface area contributed by atoms with Crippen LogP contribution >= 0.6 is 0 Å². The van der Waals surface area contributed by atoms with Crippen LogP contribution in [0, 0.1) is 15.9 Å². The molecule has 0 radical (unpaired) electrons. The lowest BCUT2D eigenvalue weighted by Crippen LogP contribution is -2.18. The Morgan fingerprint density at radius 3 is 2.56 bits per heavy atom. The summed E-state index contributed by atoms with van der Waals surface area (Å²) < 4.78 is 21.5. The number of nitro groups is 1. The third-order valence-electron chi connectivity index (χ3n) is 4.92. The van der Waals surface area contributed by atoms with Gasteiger partial charge in [0.05, 0.1) is 10.6 Å². The molecule has 2 aromatic heterocycles. The van der Waals surface area contributed by atoms with E-state index < -0.39 is 28.2 Å². The van der Waals surface area contributed by atoms with Crippen molar-refractivity contribution in [2.24, 2.45) is 0 Å². The highest BCUT2D eigenvalue weighted by atomic mass is 19.1. The summed E-state index contributed by atoms with van der Waals surface area (Å²) in [6.07, 6.45) is 2.94. The molecule has 12 nitrogen and oxygen atoms in total. The van der Waals surface area contributed by atoms with Crippen molar-refractivity contribution >= 4 is 28.9 Å². The third-order valence-corrected chi connectivity index (χ3v) is 4.92. The van der Waals surface area contributed by atoms with Gasteiger partial charge in [0.15, 0.2) is 18.1 Å². The molecular weight excluding hydrogens is 473 g/mol. The first-order valence-corrected chi connectivity index (χ1v) is 10.7. The highest BCUT2D eigenvalue weighted by molar-refractivity contribution is 6.10. The van der Waals surface area contributed by atoms with Crippen molar-refractivity contribution < 1.29 is 23.6 Å². The van der Waals surface area contributed by atoms with Crippen LogP contribution in [0.25, 0.3) is 0 Å². The van der Waals surface area contributed by atoms with Crippen molar-refractivity contribution in [2.75, 3.05) is 10.6 Å². The fourth-order valence-electron chi connectivity index (χ4n) is 3.19. The number of amides is 2. The maximum Gasteiger partial charge on any atom is 0.311 e. The molecule has 13 heteroatoms. The van der Waals surface area contributed by atoms with Crippen LogP contribution in [0.15, 0.2) is 67.0 Å². The second-order valence-corrected chi connectivity index (χ2v) is 7.40. The minimum atomic E-state index is -0.698. The molecule has 2 amide bonds. The second kappa shape index (κ2) is 10.5. The Balaban J connectivity index is 1.45. The van der Waals surface area contributed by atoms with Gasteiger partial charge in [-0.2, -0.15) is 10.2 Å². The number of nitrogens with zero attached hydrogens (tertiary/aromatic N) is 5. The van der Waals surface area contributed by atoms with Crippen molar-refractivity contribution in [1.82, 2.24) is 19.6 Å². The molecule has 0 aliphatic carbocycles. The quantitative estimate of drug-likeness (QED) is 0.267. The molecule has 2 aromatic carbocycles. The average molecular weight is 493 g/mol. The summed E-state index contributed by atoms with van der Waals surface area (Å²) >= 11 is 0. The molecule has 0 aliphatic rings. The standard InChI is InChI=1S/C23H20FN7O5/c1-2-29-13-18(21(28-29)23(33)25-16-6-4-3-5-7-16)26-22(32)17-10-11-30(27-17)14-36-20-12-15(24)8-9-19(20)31(34)35/h3-13H,2,14H2,1H3,(H,25,33)(H,26,32). The number of aryl methyl sites for hydroxylation is 1. The summed E-state index contributed by atoms with van der Waals surface area (Å²) in [6.45, 7) is 2.00. The summed E-state index contributed by atoms with van der Waals surface area (Å²) in [4.78, 5) is 36.0. The van der Waals surface area contributed by atoms with Crippen LogP contribution in [-0.4, -0.2) is 36.3 Å². The van der Waals surface area contributed by atoms with E-state index in [4.69, 9.17) is 4.74 Å². The lowest BCUT2D eigenvalue weighted by Gasteiger charge is -2.07. The zero-order valence-electron chi connectivity index (χ0n) is 18.9. The van der Waals surface area contributed by atoms with E-state index in [-0.39, 0.29) is 29.6 Å². The molecule has 36 heavy (non-hydrogen) atoms. The lowest BCUT2D eigenvalue weighted by molar-refractivity contribution is -0.386. The number of aromatic nitrogens is 4. The third kappa shape index (κ3) is 5.52. The molecule has 0 bridgehead atoms. The van der Waals surface area contributed by atoms with E-state index in [1.165, 1.54) is 27.8 Å². The normalized spacial score (nSPS) is 10.6. The molecule has 0 atom stereocenters. The lowest BCUT2D eigenvalue weighted by atomic mass is 10.3. The molecule has 0 unspecified atom stereocenters. The molecular formula is C23H20FN7O5. The van der Waals surface area contributed by atoms with Crippen LogP contribution < -0.4 is 15.4 Å². The van der Waals surface area contributed by atoms with Gasteiger partial charge in [0.25, 0.3) is 11.8 Å². The predicted molar refractivity (Wildman–Crippen MR) is 126 cm³/mol. The number of para-hydroxylation sites is 1. The number of nitro benzene ring substituents is 1. The van der Waals surface area contributed by atoms with Crippen molar-refractivity contribution in [3.8, 4) is 5.75 Å². The van der Waals surface area contributed by atoms with E-state index in [0.29, 0.717) is 12.2 Å². The van der Waals surface area contributed by atoms with Gasteiger partial charge < -0.3 is 15.4 Å². The van der Waals surface area contributed by atoms with Crippen LogP contribution in [0.1, 0.15) is 27.9 Å². The molecule has 4 aromatic rings. The smallest absolute Gasteiger partial charge is 0.311 e. The maximum absolute atomic E-state index is 13.5. The highest BCUT2D eigenvalue weighted by Crippen LogP contribution is 2.27. The van der Waals surface area contributed by atoms with Crippen molar-refractivity contribution in [3.63, 3.8) is 0 Å². The second-order valence-electron chi connectivity index (χ2n) is 7.40. The molecule has 2 heterocycles. The number of benzene rings is 2. The average Bonchev–Trinajstić information content (AvgIpc) is 3.50. The van der Waals surface area contributed by atoms with Crippen LogP contribution in [0.2, 0.25) is 0 Å². The summed E-state index contributed by atoms with van der Waals surface area (Å²) in [6, 6.07) is 13.0. The monoisotopic (exact) mass is 493 g/mol. The highest BCUT2D eigenvalue weighted by Gasteiger charge is 2.21. The Hall–Kier alpha value is -5.07. The number of nitrogens with one attached hydrogen (secondary N) is 2. The number of rotatable bonds is 9. The first kappa shape index (κ1) is 24.1. The minimum absolute atomic E-state index is 0.00833. The Kier molecular flexibility index (Phi) is 6.99. The van der Waals surface area contributed by atoms with Crippen LogP contribution in [0.4, 0.5) is 21.5 Å². The van der Waals surface area contributed by atoms with Crippen LogP contribution in [-0.2, 0) is 13.3 Å². The molecule has 0 saturated carbocycles. The summed E-state index contributed by atoms with van der Waals surface area (Å²) in [5.74, 6) is -2.09. The topological polar surface area (TPSA) is 146 Å². The molecule has 0 aliphatic heterocycles. The zero-order chi connectivity index (χ0) is 25.7.